The Hall–Kier alpha value is -2.44. The maximum Gasteiger partial charge on any atom is 0.206 e. The summed E-state index contributed by atoms with van der Waals surface area (Å²) in [6.45, 7) is 3.55. The van der Waals surface area contributed by atoms with Crippen LogP contribution in [-0.2, 0) is 24.3 Å². The molecule has 4 aliphatic rings. The van der Waals surface area contributed by atoms with Gasteiger partial charge in [-0.1, -0.05) is 36.4 Å². The van der Waals surface area contributed by atoms with Crippen LogP contribution in [0, 0.1) is 0 Å². The van der Waals surface area contributed by atoms with E-state index in [2.05, 4.69) is 32.2 Å². The highest BCUT2D eigenvalue weighted by atomic mass is 16.3. The molecule has 2 atom stereocenters. The number of aryl methyl sites for hydroxylation is 2. The molecule has 0 radical (unpaired) electrons. The number of hydrogen-bond acceptors (Lipinski definition) is 6. The number of azo groups is 1. The highest BCUT2D eigenvalue weighted by Gasteiger charge is 2.43. The molecule has 0 spiro atoms. The van der Waals surface area contributed by atoms with Gasteiger partial charge in [-0.3, -0.25) is 0 Å². The third-order valence-electron chi connectivity index (χ3n) is 7.32. The van der Waals surface area contributed by atoms with Gasteiger partial charge < -0.3 is 20.0 Å². The van der Waals surface area contributed by atoms with Gasteiger partial charge in [0.05, 0.1) is 0 Å². The first-order valence-corrected chi connectivity index (χ1v) is 11.2. The summed E-state index contributed by atoms with van der Waals surface area (Å²) in [5.74, 6) is 0. The van der Waals surface area contributed by atoms with Gasteiger partial charge in [0.2, 0.25) is 11.4 Å². The molecule has 0 saturated heterocycles. The summed E-state index contributed by atoms with van der Waals surface area (Å²) in [7, 11) is 0. The van der Waals surface area contributed by atoms with E-state index >= 15 is 0 Å². The van der Waals surface area contributed by atoms with Crippen molar-refractivity contribution in [2.75, 3.05) is 36.0 Å². The van der Waals surface area contributed by atoms with Crippen LogP contribution in [0.4, 0.5) is 11.4 Å². The van der Waals surface area contributed by atoms with E-state index in [1.807, 2.05) is 24.3 Å². The number of hydrogen-bond donors (Lipinski definition) is 2. The van der Waals surface area contributed by atoms with E-state index in [-0.39, 0.29) is 0 Å². The maximum atomic E-state index is 11.5. The molecule has 6 heteroatoms. The molecule has 0 amide bonds. The van der Waals surface area contributed by atoms with Crippen LogP contribution in [0.15, 0.2) is 46.6 Å². The number of benzene rings is 2. The first kappa shape index (κ1) is 18.3. The van der Waals surface area contributed by atoms with Crippen LogP contribution in [0.1, 0.15) is 47.9 Å². The lowest BCUT2D eigenvalue weighted by Gasteiger charge is -2.43. The summed E-state index contributed by atoms with van der Waals surface area (Å²) < 4.78 is 0. The lowest BCUT2D eigenvalue weighted by atomic mass is 9.86. The highest BCUT2D eigenvalue weighted by molar-refractivity contribution is 5.66. The molecule has 2 N–H and O–H groups in total. The molecule has 0 aliphatic carbocycles. The summed E-state index contributed by atoms with van der Waals surface area (Å²) in [4.78, 5) is 4.72. The molecule has 156 valence electrons. The Kier molecular flexibility index (Phi) is 3.99. The van der Waals surface area contributed by atoms with E-state index < -0.39 is 11.4 Å². The zero-order chi connectivity index (χ0) is 20.3. The maximum absolute atomic E-state index is 11.5. The summed E-state index contributed by atoms with van der Waals surface area (Å²) >= 11 is 0. The minimum Gasteiger partial charge on any atom is -0.371 e. The summed E-state index contributed by atoms with van der Waals surface area (Å²) in [6.07, 6.45) is 5.33. The molecule has 0 saturated carbocycles. The Labute approximate surface area is 176 Å². The first-order valence-electron chi connectivity index (χ1n) is 11.2. The Morgan fingerprint density at radius 2 is 1.13 bits per heavy atom. The largest absolute Gasteiger partial charge is 0.371 e. The van der Waals surface area contributed by atoms with Gasteiger partial charge in [-0.25, -0.2) is 0 Å². The number of anilines is 2. The van der Waals surface area contributed by atoms with Crippen molar-refractivity contribution in [1.82, 2.24) is 0 Å². The summed E-state index contributed by atoms with van der Waals surface area (Å²) in [5.41, 5.74) is 3.66. The van der Waals surface area contributed by atoms with Crippen molar-refractivity contribution >= 4 is 11.4 Å². The Morgan fingerprint density at radius 1 is 0.667 bits per heavy atom. The molecule has 0 aromatic heterocycles. The first-order chi connectivity index (χ1) is 14.6. The standard InChI is InChI=1S/C24H28N4O2/c29-23(11-15-27-13-3-7-17-5-1-9-19(23)21(17)27)25-26-24(30)12-16-28-14-4-8-18-6-2-10-20(24)22(18)28/h1-2,5-6,9-10,29-30H,3-4,7-8,11-16H2. The van der Waals surface area contributed by atoms with Crippen LogP contribution in [0.25, 0.3) is 0 Å². The molecule has 4 aliphatic heterocycles. The normalized spacial score (nSPS) is 29.7. The van der Waals surface area contributed by atoms with Crippen molar-refractivity contribution in [2.45, 2.75) is 50.0 Å². The Bertz CT molecular complexity index is 956. The van der Waals surface area contributed by atoms with Crippen LogP contribution in [0.3, 0.4) is 0 Å². The van der Waals surface area contributed by atoms with Crippen LogP contribution in [0.2, 0.25) is 0 Å². The third kappa shape index (κ3) is 2.63. The predicted octanol–water partition coefficient (Wildman–Crippen LogP) is 3.44. The summed E-state index contributed by atoms with van der Waals surface area (Å²) in [6, 6.07) is 12.2. The second-order valence-electron chi connectivity index (χ2n) is 9.14. The van der Waals surface area contributed by atoms with Crippen molar-refractivity contribution < 1.29 is 10.2 Å². The molecule has 2 unspecified atom stereocenters. The van der Waals surface area contributed by atoms with E-state index in [4.69, 9.17) is 0 Å². The molecule has 6 rings (SSSR count). The number of nitrogens with zero attached hydrogens (tertiary/aromatic N) is 4. The lowest BCUT2D eigenvalue weighted by Crippen LogP contribution is -2.44. The van der Waals surface area contributed by atoms with Gasteiger partial charge in [-0.2, -0.15) is 0 Å². The number of rotatable bonds is 2. The van der Waals surface area contributed by atoms with E-state index in [0.717, 1.165) is 74.4 Å². The van der Waals surface area contributed by atoms with Gasteiger partial charge in [-0.15, -0.1) is 10.2 Å². The van der Waals surface area contributed by atoms with Gasteiger partial charge in [-0.05, 0) is 36.8 Å². The molecule has 4 heterocycles. The zero-order valence-electron chi connectivity index (χ0n) is 17.2. The molecule has 0 bridgehead atoms. The van der Waals surface area contributed by atoms with E-state index in [0.29, 0.717) is 12.8 Å². The lowest BCUT2D eigenvalue weighted by molar-refractivity contribution is -0.0119. The molecule has 30 heavy (non-hydrogen) atoms. The molecule has 0 fully saturated rings. The molecule has 2 aromatic carbocycles. The summed E-state index contributed by atoms with van der Waals surface area (Å²) in [5, 5.41) is 32.0. The second-order valence-corrected chi connectivity index (χ2v) is 9.14. The fourth-order valence-corrected chi connectivity index (χ4v) is 5.79. The molecular formula is C24H28N4O2. The van der Waals surface area contributed by atoms with Crippen molar-refractivity contribution in [3.05, 3.63) is 58.7 Å². The van der Waals surface area contributed by atoms with Crippen molar-refractivity contribution in [2.24, 2.45) is 10.2 Å². The third-order valence-corrected chi connectivity index (χ3v) is 7.32. The minimum atomic E-state index is -1.39. The average Bonchev–Trinajstić information content (AvgIpc) is 2.78. The van der Waals surface area contributed by atoms with Gasteiger partial charge in [0.1, 0.15) is 0 Å². The van der Waals surface area contributed by atoms with Crippen LogP contribution in [0.5, 0.6) is 0 Å². The van der Waals surface area contributed by atoms with Gasteiger partial charge in [0, 0.05) is 61.5 Å². The van der Waals surface area contributed by atoms with Crippen molar-refractivity contribution in [3.63, 3.8) is 0 Å². The van der Waals surface area contributed by atoms with Gasteiger partial charge in [0.25, 0.3) is 0 Å². The number of para-hydroxylation sites is 2. The molecule has 6 nitrogen and oxygen atoms in total. The van der Waals surface area contributed by atoms with Gasteiger partial charge >= 0.3 is 0 Å². The fourth-order valence-electron chi connectivity index (χ4n) is 5.79. The monoisotopic (exact) mass is 404 g/mol. The van der Waals surface area contributed by atoms with E-state index in [1.54, 1.807) is 0 Å². The molecular weight excluding hydrogens is 376 g/mol. The van der Waals surface area contributed by atoms with Gasteiger partial charge in [0.15, 0.2) is 0 Å². The van der Waals surface area contributed by atoms with Crippen LogP contribution < -0.4 is 9.80 Å². The topological polar surface area (TPSA) is 71.7 Å². The fraction of sp³-hybridized carbons (Fsp3) is 0.500. The van der Waals surface area contributed by atoms with Crippen LogP contribution >= 0.6 is 0 Å². The zero-order valence-corrected chi connectivity index (χ0v) is 17.2. The predicted molar refractivity (Wildman–Crippen MR) is 116 cm³/mol. The Balaban J connectivity index is 1.41. The van der Waals surface area contributed by atoms with E-state index in [1.165, 1.54) is 11.1 Å². The minimum absolute atomic E-state index is 0.488. The molecule has 2 aromatic rings. The number of aliphatic hydroxyl groups is 2. The van der Waals surface area contributed by atoms with Crippen molar-refractivity contribution in [3.8, 4) is 0 Å². The van der Waals surface area contributed by atoms with Crippen molar-refractivity contribution in [1.29, 1.82) is 0 Å². The van der Waals surface area contributed by atoms with E-state index in [9.17, 15) is 10.2 Å². The van der Waals surface area contributed by atoms with Crippen LogP contribution in [-0.4, -0.2) is 36.4 Å². The smallest absolute Gasteiger partial charge is 0.206 e. The second kappa shape index (κ2) is 6.53. The SMILES string of the molecule is OC1(N=NC2(O)CCN3CCCc4cccc2c43)CCN2CCCc3cccc1c32. The quantitative estimate of drug-likeness (QED) is 0.752. The highest BCUT2D eigenvalue weighted by Crippen LogP contribution is 2.47. The Morgan fingerprint density at radius 3 is 1.60 bits per heavy atom. The average molecular weight is 405 g/mol.